The van der Waals surface area contributed by atoms with Gasteiger partial charge in [0.05, 0.1) is 0 Å². The summed E-state index contributed by atoms with van der Waals surface area (Å²) in [6.45, 7) is 4.21. The zero-order valence-corrected chi connectivity index (χ0v) is 12.1. The van der Waals surface area contributed by atoms with Gasteiger partial charge >= 0.3 is 0 Å². The van der Waals surface area contributed by atoms with E-state index in [1.807, 2.05) is 0 Å². The van der Waals surface area contributed by atoms with Crippen LogP contribution in [0.1, 0.15) is 57.6 Å². The summed E-state index contributed by atoms with van der Waals surface area (Å²) in [6, 6.07) is 0.945. The Morgan fingerprint density at radius 2 is 1.60 bits per heavy atom. The first-order chi connectivity index (χ1) is 9.35. The fraction of sp³-hybridized carbons (Fsp3) is 0.625. The van der Waals surface area contributed by atoms with Gasteiger partial charge < -0.3 is 5.73 Å². The number of benzene rings is 1. The third kappa shape index (κ3) is 2.85. The molecule has 2 rings (SSSR count). The van der Waals surface area contributed by atoms with Crippen LogP contribution in [0.3, 0.4) is 0 Å². The summed E-state index contributed by atoms with van der Waals surface area (Å²) in [5.74, 6) is -2.50. The largest absolute Gasteiger partial charge is 0.323 e. The minimum absolute atomic E-state index is 0.103. The van der Waals surface area contributed by atoms with Gasteiger partial charge in [-0.1, -0.05) is 26.7 Å². The molecule has 0 amide bonds. The molecule has 20 heavy (non-hydrogen) atoms. The van der Waals surface area contributed by atoms with Crippen LogP contribution in [0.15, 0.2) is 12.1 Å². The summed E-state index contributed by atoms with van der Waals surface area (Å²) in [5, 5.41) is 0. The molecule has 1 aromatic carbocycles. The average molecular weight is 285 g/mol. The van der Waals surface area contributed by atoms with Crippen LogP contribution >= 0.6 is 0 Å². The second kappa shape index (κ2) is 5.76. The van der Waals surface area contributed by atoms with Gasteiger partial charge in [0.2, 0.25) is 0 Å². The van der Waals surface area contributed by atoms with Crippen LogP contribution in [0.25, 0.3) is 0 Å². The van der Waals surface area contributed by atoms with Crippen molar-refractivity contribution in [3.8, 4) is 0 Å². The Bertz CT molecular complexity index is 479. The Morgan fingerprint density at radius 3 is 2.15 bits per heavy atom. The molecule has 1 atom stereocenters. The van der Waals surface area contributed by atoms with Crippen molar-refractivity contribution >= 4 is 0 Å². The van der Waals surface area contributed by atoms with Gasteiger partial charge in [0.15, 0.2) is 11.6 Å². The van der Waals surface area contributed by atoms with Crippen molar-refractivity contribution in [1.82, 2.24) is 0 Å². The van der Waals surface area contributed by atoms with Gasteiger partial charge in [0.1, 0.15) is 5.82 Å². The van der Waals surface area contributed by atoms with E-state index in [1.54, 1.807) is 0 Å². The molecule has 0 radical (unpaired) electrons. The number of halogens is 3. The molecule has 2 N–H and O–H groups in total. The third-order valence-electron chi connectivity index (χ3n) is 4.45. The first-order valence-corrected chi connectivity index (χ1v) is 7.26. The maximum atomic E-state index is 14.0. The van der Waals surface area contributed by atoms with Crippen molar-refractivity contribution in [1.29, 1.82) is 0 Å². The molecule has 1 fully saturated rings. The smallest absolute Gasteiger partial charge is 0.161 e. The highest BCUT2D eigenvalue weighted by Gasteiger charge is 2.41. The van der Waals surface area contributed by atoms with Crippen molar-refractivity contribution in [3.05, 3.63) is 35.1 Å². The minimum atomic E-state index is -1.16. The van der Waals surface area contributed by atoms with Gasteiger partial charge in [-0.2, -0.15) is 0 Å². The van der Waals surface area contributed by atoms with Gasteiger partial charge in [-0.05, 0) is 36.7 Å². The zero-order chi connectivity index (χ0) is 14.9. The molecule has 1 unspecified atom stereocenters. The van der Waals surface area contributed by atoms with Crippen LogP contribution in [-0.2, 0) is 0 Å². The summed E-state index contributed by atoms with van der Waals surface area (Å²) in [4.78, 5) is 0. The second-order valence-electron chi connectivity index (χ2n) is 6.43. The Kier molecular flexibility index (Phi) is 4.43. The van der Waals surface area contributed by atoms with Crippen LogP contribution in [0.4, 0.5) is 13.2 Å². The van der Waals surface area contributed by atoms with Crippen molar-refractivity contribution in [3.63, 3.8) is 0 Å². The monoisotopic (exact) mass is 285 g/mol. The van der Waals surface area contributed by atoms with Gasteiger partial charge in [-0.15, -0.1) is 0 Å². The van der Waals surface area contributed by atoms with E-state index in [-0.39, 0.29) is 11.0 Å². The van der Waals surface area contributed by atoms with E-state index < -0.39 is 23.5 Å². The molecule has 4 heteroatoms. The fourth-order valence-electron chi connectivity index (χ4n) is 3.64. The SMILES string of the molecule is CC(C)CC1(C(N)c2cc(F)c(F)cc2F)CCCC1. The summed E-state index contributed by atoms with van der Waals surface area (Å²) in [5.41, 5.74) is 6.18. The van der Waals surface area contributed by atoms with Crippen LogP contribution < -0.4 is 5.73 Å². The van der Waals surface area contributed by atoms with Crippen molar-refractivity contribution in [2.75, 3.05) is 0 Å². The van der Waals surface area contributed by atoms with Gasteiger partial charge in [0, 0.05) is 17.7 Å². The first-order valence-electron chi connectivity index (χ1n) is 7.26. The first kappa shape index (κ1) is 15.4. The topological polar surface area (TPSA) is 26.0 Å². The highest BCUT2D eigenvalue weighted by molar-refractivity contribution is 5.25. The van der Waals surface area contributed by atoms with Crippen LogP contribution in [0.2, 0.25) is 0 Å². The van der Waals surface area contributed by atoms with E-state index >= 15 is 0 Å². The van der Waals surface area contributed by atoms with E-state index in [2.05, 4.69) is 13.8 Å². The zero-order valence-electron chi connectivity index (χ0n) is 12.1. The highest BCUT2D eigenvalue weighted by atomic mass is 19.2. The van der Waals surface area contributed by atoms with Gasteiger partial charge in [-0.3, -0.25) is 0 Å². The lowest BCUT2D eigenvalue weighted by Crippen LogP contribution is -2.34. The Balaban J connectivity index is 2.37. The molecule has 1 aliphatic carbocycles. The maximum Gasteiger partial charge on any atom is 0.161 e. The molecule has 0 spiro atoms. The molecule has 0 heterocycles. The lowest BCUT2D eigenvalue weighted by Gasteiger charge is -2.37. The van der Waals surface area contributed by atoms with Gasteiger partial charge in [-0.25, -0.2) is 13.2 Å². The molecular weight excluding hydrogens is 263 g/mol. The predicted molar refractivity (Wildman–Crippen MR) is 73.6 cm³/mol. The number of hydrogen-bond acceptors (Lipinski definition) is 1. The molecule has 0 aliphatic heterocycles. The summed E-state index contributed by atoms with van der Waals surface area (Å²) in [7, 11) is 0. The summed E-state index contributed by atoms with van der Waals surface area (Å²) < 4.78 is 40.4. The molecule has 112 valence electrons. The van der Waals surface area contributed by atoms with E-state index in [4.69, 9.17) is 5.73 Å². The van der Waals surface area contributed by atoms with Crippen molar-refractivity contribution in [2.24, 2.45) is 17.1 Å². The van der Waals surface area contributed by atoms with Crippen molar-refractivity contribution in [2.45, 2.75) is 52.0 Å². The van der Waals surface area contributed by atoms with E-state index in [1.165, 1.54) is 0 Å². The number of rotatable bonds is 4. The molecule has 0 bridgehead atoms. The lowest BCUT2D eigenvalue weighted by atomic mass is 9.70. The van der Waals surface area contributed by atoms with Crippen LogP contribution in [0.5, 0.6) is 0 Å². The third-order valence-corrected chi connectivity index (χ3v) is 4.45. The number of hydrogen-bond donors (Lipinski definition) is 1. The Morgan fingerprint density at radius 1 is 1.05 bits per heavy atom. The standard InChI is InChI=1S/C16H22F3N/c1-10(2)9-16(5-3-4-6-16)15(20)11-7-13(18)14(19)8-12(11)17/h7-8,10,15H,3-6,9,20H2,1-2H3. The molecular formula is C16H22F3N. The molecule has 1 aliphatic rings. The minimum Gasteiger partial charge on any atom is -0.323 e. The van der Waals surface area contributed by atoms with E-state index in [0.29, 0.717) is 12.0 Å². The average Bonchev–Trinajstić information content (AvgIpc) is 2.81. The highest BCUT2D eigenvalue weighted by Crippen LogP contribution is 2.51. The van der Waals surface area contributed by atoms with Gasteiger partial charge in [0.25, 0.3) is 0 Å². The maximum absolute atomic E-state index is 14.0. The Labute approximate surface area is 118 Å². The molecule has 0 saturated heterocycles. The molecule has 0 aromatic heterocycles. The van der Waals surface area contributed by atoms with Crippen LogP contribution in [0, 0.1) is 28.8 Å². The second-order valence-corrected chi connectivity index (χ2v) is 6.43. The molecule has 1 nitrogen and oxygen atoms in total. The quantitative estimate of drug-likeness (QED) is 0.797. The van der Waals surface area contributed by atoms with Crippen molar-refractivity contribution < 1.29 is 13.2 Å². The normalized spacial score (nSPS) is 19.6. The summed E-state index contributed by atoms with van der Waals surface area (Å²) >= 11 is 0. The van der Waals surface area contributed by atoms with E-state index in [9.17, 15) is 13.2 Å². The summed E-state index contributed by atoms with van der Waals surface area (Å²) in [6.07, 6.45) is 4.85. The Hall–Kier alpha value is -1.03. The molecule has 1 aromatic rings. The predicted octanol–water partition coefficient (Wildman–Crippen LogP) is 4.71. The molecule has 1 saturated carbocycles. The fourth-order valence-corrected chi connectivity index (χ4v) is 3.64. The lowest BCUT2D eigenvalue weighted by molar-refractivity contribution is 0.180. The number of nitrogens with two attached hydrogens (primary N) is 1. The van der Waals surface area contributed by atoms with E-state index in [0.717, 1.165) is 38.2 Å². The van der Waals surface area contributed by atoms with Crippen LogP contribution in [-0.4, -0.2) is 0 Å².